The smallest absolute Gasteiger partial charge is 0.303 e. The van der Waals surface area contributed by atoms with Gasteiger partial charge in [-0.25, -0.2) is 0 Å². The van der Waals surface area contributed by atoms with Gasteiger partial charge in [0.15, 0.2) is 0 Å². The van der Waals surface area contributed by atoms with Gasteiger partial charge in [0.25, 0.3) is 0 Å². The van der Waals surface area contributed by atoms with Gasteiger partial charge < -0.3 is 20.6 Å². The number of carbonyl (C=O) groups is 1. The van der Waals surface area contributed by atoms with Gasteiger partial charge in [-0.2, -0.15) is 0 Å². The monoisotopic (exact) mass is 207 g/mol. The minimum absolute atomic E-state index is 0.139. The van der Waals surface area contributed by atoms with Crippen molar-refractivity contribution >= 4 is 5.97 Å². The SMILES string of the molecule is CCCCC(=O)O.OCCNCCO. The molecule has 0 aromatic carbocycles. The van der Waals surface area contributed by atoms with Gasteiger partial charge in [0, 0.05) is 19.5 Å². The van der Waals surface area contributed by atoms with Crippen molar-refractivity contribution in [3.8, 4) is 0 Å². The fourth-order valence-electron chi connectivity index (χ4n) is 0.611. The van der Waals surface area contributed by atoms with Crippen LogP contribution in [0.5, 0.6) is 0 Å². The van der Waals surface area contributed by atoms with Gasteiger partial charge in [-0.05, 0) is 6.42 Å². The van der Waals surface area contributed by atoms with E-state index in [1.54, 1.807) is 0 Å². The van der Waals surface area contributed by atoms with E-state index < -0.39 is 5.97 Å². The normalized spacial score (nSPS) is 9.07. The highest BCUT2D eigenvalue weighted by molar-refractivity contribution is 5.66. The van der Waals surface area contributed by atoms with E-state index in [4.69, 9.17) is 15.3 Å². The first-order valence-electron chi connectivity index (χ1n) is 4.83. The first-order valence-corrected chi connectivity index (χ1v) is 4.83. The second-order valence-corrected chi connectivity index (χ2v) is 2.69. The summed E-state index contributed by atoms with van der Waals surface area (Å²) in [6.45, 7) is 3.39. The van der Waals surface area contributed by atoms with E-state index in [0.29, 0.717) is 19.5 Å². The number of carboxylic acid groups (broad SMARTS) is 1. The summed E-state index contributed by atoms with van der Waals surface area (Å²) >= 11 is 0. The number of hydrogen-bond acceptors (Lipinski definition) is 4. The van der Waals surface area contributed by atoms with Crippen LogP contribution in [-0.4, -0.2) is 47.6 Å². The molecule has 0 radical (unpaired) electrons. The number of nitrogens with one attached hydrogen (secondary N) is 1. The Kier molecular flexibility index (Phi) is 16.8. The van der Waals surface area contributed by atoms with Gasteiger partial charge in [-0.15, -0.1) is 0 Å². The zero-order valence-electron chi connectivity index (χ0n) is 8.70. The molecule has 0 aliphatic carbocycles. The van der Waals surface area contributed by atoms with Crippen molar-refractivity contribution in [2.24, 2.45) is 0 Å². The fraction of sp³-hybridized carbons (Fsp3) is 0.889. The Morgan fingerprint density at radius 2 is 1.71 bits per heavy atom. The Bertz CT molecular complexity index is 115. The molecule has 86 valence electrons. The third-order valence-electron chi connectivity index (χ3n) is 1.32. The molecule has 5 nitrogen and oxygen atoms in total. The summed E-state index contributed by atoms with van der Waals surface area (Å²) in [6, 6.07) is 0. The number of aliphatic hydroxyl groups excluding tert-OH is 2. The molecule has 0 aromatic rings. The molecule has 0 unspecified atom stereocenters. The maximum Gasteiger partial charge on any atom is 0.303 e. The van der Waals surface area contributed by atoms with Crippen LogP contribution in [0.1, 0.15) is 26.2 Å². The van der Waals surface area contributed by atoms with Gasteiger partial charge >= 0.3 is 5.97 Å². The van der Waals surface area contributed by atoms with Gasteiger partial charge in [0.1, 0.15) is 0 Å². The van der Waals surface area contributed by atoms with Crippen LogP contribution in [0, 0.1) is 0 Å². The van der Waals surface area contributed by atoms with E-state index in [2.05, 4.69) is 5.32 Å². The van der Waals surface area contributed by atoms with Crippen molar-refractivity contribution in [3.05, 3.63) is 0 Å². The third kappa shape index (κ3) is 22.5. The lowest BCUT2D eigenvalue weighted by atomic mass is 10.3. The average molecular weight is 207 g/mol. The van der Waals surface area contributed by atoms with Crippen molar-refractivity contribution < 1.29 is 20.1 Å². The molecule has 0 bridgehead atoms. The summed E-state index contributed by atoms with van der Waals surface area (Å²) in [7, 11) is 0. The van der Waals surface area contributed by atoms with E-state index in [1.807, 2.05) is 6.92 Å². The first kappa shape index (κ1) is 15.8. The van der Waals surface area contributed by atoms with E-state index in [9.17, 15) is 4.79 Å². The molecule has 0 spiro atoms. The second kappa shape index (κ2) is 14.9. The summed E-state index contributed by atoms with van der Waals surface area (Å²) in [6.07, 6.45) is 2.08. The molecule has 14 heavy (non-hydrogen) atoms. The Morgan fingerprint density at radius 1 is 1.21 bits per heavy atom. The van der Waals surface area contributed by atoms with Gasteiger partial charge in [-0.1, -0.05) is 13.3 Å². The number of hydrogen-bond donors (Lipinski definition) is 4. The summed E-state index contributed by atoms with van der Waals surface area (Å²) in [4.78, 5) is 9.76. The Balaban J connectivity index is 0. The van der Waals surface area contributed by atoms with Crippen LogP contribution in [-0.2, 0) is 4.79 Å². The highest BCUT2D eigenvalue weighted by Gasteiger charge is 1.90. The lowest BCUT2D eigenvalue weighted by molar-refractivity contribution is -0.137. The predicted octanol–water partition coefficient (Wildman–Crippen LogP) is -0.178. The fourth-order valence-corrected chi connectivity index (χ4v) is 0.611. The molecule has 0 aromatic heterocycles. The summed E-state index contributed by atoms with van der Waals surface area (Å²) in [5.74, 6) is -0.693. The third-order valence-corrected chi connectivity index (χ3v) is 1.32. The van der Waals surface area contributed by atoms with Crippen LogP contribution in [0.25, 0.3) is 0 Å². The quantitative estimate of drug-likeness (QED) is 0.435. The lowest BCUT2D eigenvalue weighted by Crippen LogP contribution is -2.21. The average Bonchev–Trinajstić information content (AvgIpc) is 2.16. The van der Waals surface area contributed by atoms with E-state index in [0.717, 1.165) is 12.8 Å². The van der Waals surface area contributed by atoms with Crippen molar-refractivity contribution in [1.82, 2.24) is 5.32 Å². The largest absolute Gasteiger partial charge is 0.481 e. The number of unbranched alkanes of at least 4 members (excludes halogenated alkanes) is 1. The van der Waals surface area contributed by atoms with Crippen LogP contribution in [0.2, 0.25) is 0 Å². The first-order chi connectivity index (χ1) is 6.68. The molecular formula is C9H21NO4. The molecule has 0 fully saturated rings. The summed E-state index contributed by atoms with van der Waals surface area (Å²) in [5.41, 5.74) is 0. The maximum absolute atomic E-state index is 9.76. The van der Waals surface area contributed by atoms with Crippen molar-refractivity contribution in [2.75, 3.05) is 26.3 Å². The van der Waals surface area contributed by atoms with Crippen LogP contribution >= 0.6 is 0 Å². The second-order valence-electron chi connectivity index (χ2n) is 2.69. The molecule has 0 heterocycles. The van der Waals surface area contributed by atoms with Crippen LogP contribution in [0.15, 0.2) is 0 Å². The molecule has 0 saturated heterocycles. The minimum atomic E-state index is -0.693. The van der Waals surface area contributed by atoms with Gasteiger partial charge in [0.05, 0.1) is 13.2 Å². The van der Waals surface area contributed by atoms with E-state index >= 15 is 0 Å². The maximum atomic E-state index is 9.76. The molecule has 4 N–H and O–H groups in total. The summed E-state index contributed by atoms with van der Waals surface area (Å²) in [5, 5.41) is 27.1. The number of carboxylic acids is 1. The molecule has 0 rings (SSSR count). The van der Waals surface area contributed by atoms with Crippen LogP contribution in [0.4, 0.5) is 0 Å². The van der Waals surface area contributed by atoms with Crippen LogP contribution in [0.3, 0.4) is 0 Å². The molecule has 0 amide bonds. The minimum Gasteiger partial charge on any atom is -0.481 e. The predicted molar refractivity (Wildman–Crippen MR) is 54.2 cm³/mol. The van der Waals surface area contributed by atoms with E-state index in [-0.39, 0.29) is 13.2 Å². The molecule has 0 saturated carbocycles. The van der Waals surface area contributed by atoms with Crippen LogP contribution < -0.4 is 5.32 Å². The van der Waals surface area contributed by atoms with Crippen molar-refractivity contribution in [2.45, 2.75) is 26.2 Å². The number of aliphatic carboxylic acids is 1. The zero-order chi connectivity index (χ0) is 11.2. The van der Waals surface area contributed by atoms with Crippen molar-refractivity contribution in [3.63, 3.8) is 0 Å². The highest BCUT2D eigenvalue weighted by Crippen LogP contribution is 1.91. The Hall–Kier alpha value is -0.650. The van der Waals surface area contributed by atoms with Crippen molar-refractivity contribution in [1.29, 1.82) is 0 Å². The summed E-state index contributed by atoms with van der Waals surface area (Å²) < 4.78 is 0. The Morgan fingerprint density at radius 3 is 1.93 bits per heavy atom. The number of rotatable bonds is 7. The molecule has 0 atom stereocenters. The van der Waals surface area contributed by atoms with Gasteiger partial charge in [-0.3, -0.25) is 4.79 Å². The van der Waals surface area contributed by atoms with E-state index in [1.165, 1.54) is 0 Å². The lowest BCUT2D eigenvalue weighted by Gasteiger charge is -1.94. The zero-order valence-corrected chi connectivity index (χ0v) is 8.70. The topological polar surface area (TPSA) is 89.8 Å². The standard InChI is InChI=1S/C5H10O2.C4H11NO2/c1-2-3-4-5(6)7;6-3-1-5-2-4-7/h2-4H2,1H3,(H,6,7);5-7H,1-4H2. The molecular weight excluding hydrogens is 186 g/mol. The molecule has 0 aliphatic rings. The molecule has 0 aliphatic heterocycles. The highest BCUT2D eigenvalue weighted by atomic mass is 16.4. The number of aliphatic hydroxyl groups is 2. The van der Waals surface area contributed by atoms with Gasteiger partial charge in [0.2, 0.25) is 0 Å². The Labute approximate surface area is 84.8 Å². The molecule has 5 heteroatoms.